The molecule has 0 atom stereocenters. The normalized spacial score (nSPS) is 21.5. The van der Waals surface area contributed by atoms with Gasteiger partial charge in [0, 0.05) is 0 Å². The van der Waals surface area contributed by atoms with E-state index in [-0.39, 0.29) is 5.60 Å². The van der Waals surface area contributed by atoms with Gasteiger partial charge in [0.2, 0.25) is 0 Å². The highest BCUT2D eigenvalue weighted by Gasteiger charge is 2.35. The molecule has 0 aromatic heterocycles. The maximum atomic E-state index is 11.2. The first-order valence-electron chi connectivity index (χ1n) is 5.88. The van der Waals surface area contributed by atoms with E-state index in [1.807, 2.05) is 0 Å². The quantitative estimate of drug-likeness (QED) is 0.687. The van der Waals surface area contributed by atoms with Gasteiger partial charge in [0.15, 0.2) is 0 Å². The Labute approximate surface area is 93.3 Å². The lowest BCUT2D eigenvalue weighted by Gasteiger charge is -2.35. The first-order chi connectivity index (χ1) is 6.97. The average molecular weight is 234 g/mol. The molecule has 0 spiro atoms. The summed E-state index contributed by atoms with van der Waals surface area (Å²) in [6, 6.07) is 0. The van der Waals surface area contributed by atoms with Crippen LogP contribution in [0.4, 0.5) is 0 Å². The summed E-state index contributed by atoms with van der Waals surface area (Å²) in [6.07, 6.45) is 9.40. The van der Waals surface area contributed by atoms with E-state index in [9.17, 15) is 8.42 Å². The number of hydrogen-bond donors (Lipinski definition) is 0. The summed E-state index contributed by atoms with van der Waals surface area (Å²) in [5.74, 6) is 0. The van der Waals surface area contributed by atoms with Crippen LogP contribution >= 0.6 is 0 Å². The zero-order valence-corrected chi connectivity index (χ0v) is 10.6. The zero-order chi connectivity index (χ0) is 11.4. The second-order valence-electron chi connectivity index (χ2n) is 4.63. The molecule has 3 nitrogen and oxygen atoms in total. The van der Waals surface area contributed by atoms with Crippen LogP contribution in [0.25, 0.3) is 0 Å². The van der Waals surface area contributed by atoms with Crippen LogP contribution in [0.2, 0.25) is 0 Å². The molecule has 0 aliphatic heterocycles. The molecule has 0 saturated heterocycles. The van der Waals surface area contributed by atoms with Gasteiger partial charge in [0.25, 0.3) is 10.1 Å². The van der Waals surface area contributed by atoms with Gasteiger partial charge in [0.1, 0.15) is 0 Å². The first kappa shape index (κ1) is 13.0. The Kier molecular flexibility index (Phi) is 4.59. The molecule has 1 rings (SSSR count). The number of unbranched alkanes of at least 4 members (excludes halogenated alkanes) is 1. The van der Waals surface area contributed by atoms with Crippen molar-refractivity contribution in [2.75, 3.05) is 6.26 Å². The van der Waals surface area contributed by atoms with Crippen LogP contribution < -0.4 is 0 Å². The van der Waals surface area contributed by atoms with Crippen LogP contribution in [-0.4, -0.2) is 20.3 Å². The van der Waals surface area contributed by atoms with Crippen molar-refractivity contribution >= 4 is 10.1 Å². The molecule has 0 radical (unpaired) electrons. The van der Waals surface area contributed by atoms with E-state index >= 15 is 0 Å². The standard InChI is InChI=1S/C11H22O3S/c1-3-4-8-11(14-15(2,12)13)9-6-5-7-10-11/h3-10H2,1-2H3. The highest BCUT2D eigenvalue weighted by Crippen LogP contribution is 2.36. The van der Waals surface area contributed by atoms with Gasteiger partial charge in [-0.3, -0.25) is 4.18 Å². The van der Waals surface area contributed by atoms with Gasteiger partial charge in [0.05, 0.1) is 11.9 Å². The van der Waals surface area contributed by atoms with Gasteiger partial charge < -0.3 is 0 Å². The summed E-state index contributed by atoms with van der Waals surface area (Å²) < 4.78 is 27.8. The van der Waals surface area contributed by atoms with Gasteiger partial charge in [-0.15, -0.1) is 0 Å². The fraction of sp³-hybridized carbons (Fsp3) is 1.00. The van der Waals surface area contributed by atoms with Crippen LogP contribution in [0, 0.1) is 0 Å². The Hall–Kier alpha value is -0.0900. The molecule has 0 amide bonds. The number of rotatable bonds is 5. The Morgan fingerprint density at radius 3 is 2.27 bits per heavy atom. The fourth-order valence-corrected chi connectivity index (χ4v) is 3.28. The smallest absolute Gasteiger partial charge is 0.264 e. The van der Waals surface area contributed by atoms with Crippen molar-refractivity contribution in [2.45, 2.75) is 63.9 Å². The SMILES string of the molecule is CCCCC1(OS(C)(=O)=O)CCCCC1. The third-order valence-corrected chi connectivity index (χ3v) is 3.74. The van der Waals surface area contributed by atoms with Crippen LogP contribution in [0.15, 0.2) is 0 Å². The zero-order valence-electron chi connectivity index (χ0n) is 9.79. The highest BCUT2D eigenvalue weighted by atomic mass is 32.2. The van der Waals surface area contributed by atoms with Crippen molar-refractivity contribution in [1.82, 2.24) is 0 Å². The predicted molar refractivity (Wildman–Crippen MR) is 61.3 cm³/mol. The molecule has 1 aliphatic rings. The predicted octanol–water partition coefficient (Wildman–Crippen LogP) is 2.86. The lowest BCUT2D eigenvalue weighted by molar-refractivity contribution is 0.0275. The summed E-state index contributed by atoms with van der Waals surface area (Å²) in [5.41, 5.74) is -0.373. The van der Waals surface area contributed by atoms with Crippen molar-refractivity contribution in [3.8, 4) is 0 Å². The molecule has 1 aliphatic carbocycles. The second-order valence-corrected chi connectivity index (χ2v) is 6.21. The van der Waals surface area contributed by atoms with E-state index in [2.05, 4.69) is 6.92 Å². The molecule has 0 bridgehead atoms. The van der Waals surface area contributed by atoms with Gasteiger partial charge in [-0.1, -0.05) is 39.0 Å². The van der Waals surface area contributed by atoms with E-state index in [1.165, 1.54) is 6.42 Å². The fourth-order valence-electron chi connectivity index (χ4n) is 2.39. The molecule has 0 unspecified atom stereocenters. The molecule has 90 valence electrons. The maximum Gasteiger partial charge on any atom is 0.264 e. The molecular formula is C11H22O3S. The Bertz CT molecular complexity index is 276. The molecule has 0 heterocycles. The van der Waals surface area contributed by atoms with E-state index < -0.39 is 10.1 Å². The highest BCUT2D eigenvalue weighted by molar-refractivity contribution is 7.86. The van der Waals surface area contributed by atoms with Crippen molar-refractivity contribution in [2.24, 2.45) is 0 Å². The molecule has 1 saturated carbocycles. The van der Waals surface area contributed by atoms with E-state index in [1.54, 1.807) is 0 Å². The van der Waals surface area contributed by atoms with Gasteiger partial charge in [-0.2, -0.15) is 8.42 Å². The minimum Gasteiger partial charge on any atom is -0.264 e. The molecule has 0 aromatic carbocycles. The van der Waals surface area contributed by atoms with Crippen molar-refractivity contribution in [3.63, 3.8) is 0 Å². The van der Waals surface area contributed by atoms with Crippen molar-refractivity contribution in [1.29, 1.82) is 0 Å². The Morgan fingerprint density at radius 2 is 1.80 bits per heavy atom. The van der Waals surface area contributed by atoms with Crippen LogP contribution in [-0.2, 0) is 14.3 Å². The molecule has 0 N–H and O–H groups in total. The van der Waals surface area contributed by atoms with E-state index in [0.29, 0.717) is 0 Å². The summed E-state index contributed by atoms with van der Waals surface area (Å²) in [7, 11) is -3.31. The molecular weight excluding hydrogens is 212 g/mol. The Morgan fingerprint density at radius 1 is 1.20 bits per heavy atom. The third-order valence-electron chi connectivity index (χ3n) is 3.08. The first-order valence-corrected chi connectivity index (χ1v) is 7.70. The minimum atomic E-state index is -3.31. The van der Waals surface area contributed by atoms with Gasteiger partial charge in [-0.25, -0.2) is 0 Å². The van der Waals surface area contributed by atoms with E-state index in [0.717, 1.165) is 51.2 Å². The average Bonchev–Trinajstić information content (AvgIpc) is 2.14. The summed E-state index contributed by atoms with van der Waals surface area (Å²) >= 11 is 0. The van der Waals surface area contributed by atoms with E-state index in [4.69, 9.17) is 4.18 Å². The van der Waals surface area contributed by atoms with Crippen LogP contribution in [0.1, 0.15) is 58.3 Å². The molecule has 15 heavy (non-hydrogen) atoms. The third kappa shape index (κ3) is 4.51. The maximum absolute atomic E-state index is 11.2. The Balaban J connectivity index is 2.66. The van der Waals surface area contributed by atoms with Crippen molar-refractivity contribution < 1.29 is 12.6 Å². The molecule has 0 aromatic rings. The van der Waals surface area contributed by atoms with Crippen LogP contribution in [0.3, 0.4) is 0 Å². The second kappa shape index (κ2) is 5.30. The van der Waals surface area contributed by atoms with Gasteiger partial charge in [-0.05, 0) is 19.3 Å². The van der Waals surface area contributed by atoms with Crippen molar-refractivity contribution in [3.05, 3.63) is 0 Å². The topological polar surface area (TPSA) is 43.4 Å². The summed E-state index contributed by atoms with van der Waals surface area (Å²) in [4.78, 5) is 0. The van der Waals surface area contributed by atoms with Gasteiger partial charge >= 0.3 is 0 Å². The summed E-state index contributed by atoms with van der Waals surface area (Å²) in [5, 5.41) is 0. The molecule has 4 heteroatoms. The molecule has 1 fully saturated rings. The minimum absolute atomic E-state index is 0.373. The number of hydrogen-bond acceptors (Lipinski definition) is 3. The lowest BCUT2D eigenvalue weighted by atomic mass is 9.81. The lowest BCUT2D eigenvalue weighted by Crippen LogP contribution is -2.37. The van der Waals surface area contributed by atoms with Crippen LogP contribution in [0.5, 0.6) is 0 Å². The largest absolute Gasteiger partial charge is 0.264 e. The summed E-state index contributed by atoms with van der Waals surface area (Å²) in [6.45, 7) is 2.12. The monoisotopic (exact) mass is 234 g/mol.